The molecule has 0 saturated carbocycles. The van der Waals surface area contributed by atoms with Crippen LogP contribution in [0.5, 0.6) is 0 Å². The first-order valence-electron chi connectivity index (χ1n) is 5.00. The molecule has 0 amide bonds. The van der Waals surface area contributed by atoms with Crippen LogP contribution in [0.2, 0.25) is 0 Å². The number of hydrogen-bond acceptors (Lipinski definition) is 8. The van der Waals surface area contributed by atoms with E-state index in [1.54, 1.807) is 0 Å². The average molecular weight is 404 g/mol. The Morgan fingerprint density at radius 3 is 0.947 bits per heavy atom. The zero-order valence-electron chi connectivity index (χ0n) is 11.0. The molecular weight excluding hydrogens is 385 g/mol. The first-order valence-corrected chi connectivity index (χ1v) is 5.00. The van der Waals surface area contributed by atoms with E-state index in [1.807, 2.05) is 0 Å². The molecule has 0 aliphatic carbocycles. The van der Waals surface area contributed by atoms with Crippen LogP contribution in [0.15, 0.2) is 0 Å². The van der Waals surface area contributed by atoms with Crippen molar-refractivity contribution in [2.45, 2.75) is 13.8 Å². The second-order valence-electron chi connectivity index (χ2n) is 4.33. The molecule has 0 radical (unpaired) electrons. The zero-order valence-corrected chi connectivity index (χ0v) is 15.4. The Balaban J connectivity index is -0.000000256. The fourth-order valence-electron chi connectivity index (χ4n) is 0.358. The van der Waals surface area contributed by atoms with E-state index in [2.05, 4.69) is 0 Å². The third-order valence-corrected chi connectivity index (χ3v) is 2.38. The molecule has 9 heteroatoms. The van der Waals surface area contributed by atoms with Crippen molar-refractivity contribution in [2.24, 2.45) is 10.8 Å². The molecule has 8 nitrogen and oxygen atoms in total. The van der Waals surface area contributed by atoms with Gasteiger partial charge in [-0.05, 0) is 13.8 Å². The molecule has 4 N–H and O–H groups in total. The first kappa shape index (κ1) is 24.4. The smallest absolute Gasteiger partial charge is 0.549 e. The van der Waals surface area contributed by atoms with E-state index < -0.39 is 49.2 Å². The Labute approximate surface area is 151 Å². The Bertz CT molecular complexity index is 245. The molecule has 0 rings (SSSR count). The first-order chi connectivity index (χ1) is 8.13. The molecule has 0 spiro atoms. The van der Waals surface area contributed by atoms with Crippen LogP contribution < -0.4 is 10.2 Å². The Morgan fingerprint density at radius 1 is 0.789 bits per heavy atom. The summed E-state index contributed by atoms with van der Waals surface area (Å²) < 4.78 is 0. The predicted molar refractivity (Wildman–Crippen MR) is 60.3 cm³/mol. The summed E-state index contributed by atoms with van der Waals surface area (Å²) in [6.07, 6.45) is 0. The molecule has 0 atom stereocenters. The maximum atomic E-state index is 10.1. The van der Waals surface area contributed by atoms with Gasteiger partial charge >= 0.3 is 48.9 Å². The number of aliphatic hydroxyl groups excluding tert-OH is 4. The van der Waals surface area contributed by atoms with Crippen molar-refractivity contribution in [3.8, 4) is 0 Å². The van der Waals surface area contributed by atoms with E-state index in [0.29, 0.717) is 0 Å². The van der Waals surface area contributed by atoms with E-state index in [-0.39, 0.29) is 48.9 Å². The normalized spacial score (nSPS) is 10.8. The molecule has 0 aliphatic heterocycles. The molecule has 0 aromatic carbocycles. The Hall–Kier alpha value is 0.351. The summed E-state index contributed by atoms with van der Waals surface area (Å²) in [6, 6.07) is 0. The summed E-state index contributed by atoms with van der Waals surface area (Å²) in [6.45, 7) is -0.00000000000000133. The van der Waals surface area contributed by atoms with Crippen molar-refractivity contribution in [3.05, 3.63) is 0 Å². The third kappa shape index (κ3) is 8.27. The molecule has 108 valence electrons. The van der Waals surface area contributed by atoms with E-state index in [1.165, 1.54) is 13.8 Å². The molecule has 0 aromatic heterocycles. The molecule has 19 heavy (non-hydrogen) atoms. The number of aliphatic hydroxyl groups is 4. The molecule has 0 heterocycles. The van der Waals surface area contributed by atoms with E-state index >= 15 is 0 Å². The van der Waals surface area contributed by atoms with Crippen molar-refractivity contribution in [1.29, 1.82) is 0 Å². The molecule has 0 aliphatic rings. The number of carbonyl (C=O) groups excluding carboxylic acids is 2. The average Bonchev–Trinajstić information content (AvgIpc) is 2.36. The third-order valence-electron chi connectivity index (χ3n) is 2.38. The number of carboxylic acid groups (broad SMARTS) is 2. The topological polar surface area (TPSA) is 161 Å². The summed E-state index contributed by atoms with van der Waals surface area (Å²) in [7, 11) is 0. The van der Waals surface area contributed by atoms with Gasteiger partial charge in [-0.2, -0.15) is 0 Å². The van der Waals surface area contributed by atoms with Crippen molar-refractivity contribution in [2.75, 3.05) is 26.4 Å². The van der Waals surface area contributed by atoms with Gasteiger partial charge in [-0.15, -0.1) is 0 Å². The van der Waals surface area contributed by atoms with Crippen LogP contribution in [0.4, 0.5) is 0 Å². The number of carboxylic acids is 2. The van der Waals surface area contributed by atoms with Gasteiger partial charge in [0.1, 0.15) is 0 Å². The van der Waals surface area contributed by atoms with Crippen LogP contribution >= 0.6 is 0 Å². The zero-order chi connectivity index (χ0) is 15.0. The Morgan fingerprint density at radius 2 is 0.947 bits per heavy atom. The Kier molecular flexibility index (Phi) is 14.2. The van der Waals surface area contributed by atoms with Crippen LogP contribution in [0.1, 0.15) is 13.8 Å². The van der Waals surface area contributed by atoms with Gasteiger partial charge in [0.2, 0.25) is 0 Å². The van der Waals surface area contributed by atoms with Gasteiger partial charge < -0.3 is 40.2 Å². The standard InChI is InChI=1S/2C5H10O4.Ba/c2*1-5(2-6,3-7)4(8)9;/h2*6-7H,2-3H2,1H3,(H,8,9);/q;;+2/p-2. The van der Waals surface area contributed by atoms with E-state index in [0.717, 1.165) is 0 Å². The molecule has 0 aromatic rings. The van der Waals surface area contributed by atoms with Crippen molar-refractivity contribution >= 4 is 60.8 Å². The molecule has 0 fully saturated rings. The second-order valence-corrected chi connectivity index (χ2v) is 4.33. The quantitative estimate of drug-likeness (QED) is 0.321. The van der Waals surface area contributed by atoms with Crippen LogP contribution in [-0.4, -0.2) is 108 Å². The van der Waals surface area contributed by atoms with Gasteiger partial charge in [0.25, 0.3) is 0 Å². The van der Waals surface area contributed by atoms with Crippen molar-refractivity contribution in [3.63, 3.8) is 0 Å². The summed E-state index contributed by atoms with van der Waals surface area (Å²) in [4.78, 5) is 20.1. The summed E-state index contributed by atoms with van der Waals surface area (Å²) in [5.74, 6) is -2.87. The predicted octanol–water partition coefficient (Wildman–Crippen LogP) is -4.93. The van der Waals surface area contributed by atoms with Crippen LogP contribution in [-0.2, 0) is 9.59 Å². The van der Waals surface area contributed by atoms with Gasteiger partial charge in [0, 0.05) is 0 Å². The molecule has 0 saturated heterocycles. The number of carbonyl (C=O) groups is 2. The largest absolute Gasteiger partial charge is 2.00 e. The SMILES string of the molecule is CC(CO)(CO)C(=O)[O-].CC(CO)(CO)C(=O)[O-].[Ba+2]. The maximum Gasteiger partial charge on any atom is 2.00 e. The van der Waals surface area contributed by atoms with Crippen molar-refractivity contribution < 1.29 is 40.2 Å². The summed E-state index contributed by atoms with van der Waals surface area (Å²) in [5, 5.41) is 53.6. The van der Waals surface area contributed by atoms with Gasteiger partial charge in [-0.3, -0.25) is 0 Å². The van der Waals surface area contributed by atoms with Crippen molar-refractivity contribution in [1.82, 2.24) is 0 Å². The van der Waals surface area contributed by atoms with E-state index in [4.69, 9.17) is 20.4 Å². The monoisotopic (exact) mass is 404 g/mol. The summed E-state index contributed by atoms with van der Waals surface area (Å²) in [5.41, 5.74) is -3.00. The fourth-order valence-corrected chi connectivity index (χ4v) is 0.358. The number of hydrogen-bond donors (Lipinski definition) is 4. The molecule has 0 bridgehead atoms. The molecule has 0 unspecified atom stereocenters. The summed E-state index contributed by atoms with van der Waals surface area (Å²) >= 11 is 0. The van der Waals surface area contributed by atoms with Gasteiger partial charge in [-0.25, -0.2) is 0 Å². The number of rotatable bonds is 6. The number of aliphatic carboxylic acids is 2. The van der Waals surface area contributed by atoms with E-state index in [9.17, 15) is 19.8 Å². The van der Waals surface area contributed by atoms with Gasteiger partial charge in [0.05, 0.1) is 49.2 Å². The second kappa shape index (κ2) is 11.1. The molecular formula is C10H18BaO8. The van der Waals surface area contributed by atoms with Crippen LogP contribution in [0, 0.1) is 10.8 Å². The minimum atomic E-state index is -1.50. The fraction of sp³-hybridized carbons (Fsp3) is 0.800. The van der Waals surface area contributed by atoms with Gasteiger partial charge in [-0.1, -0.05) is 0 Å². The maximum absolute atomic E-state index is 10.1. The van der Waals surface area contributed by atoms with Crippen LogP contribution in [0.3, 0.4) is 0 Å². The minimum absolute atomic E-state index is 0. The van der Waals surface area contributed by atoms with Gasteiger partial charge in [0.15, 0.2) is 0 Å². The minimum Gasteiger partial charge on any atom is -0.549 e. The van der Waals surface area contributed by atoms with Crippen LogP contribution in [0.25, 0.3) is 0 Å².